The van der Waals surface area contributed by atoms with Crippen molar-refractivity contribution in [3.8, 4) is 0 Å². The van der Waals surface area contributed by atoms with Crippen LogP contribution in [0.15, 0.2) is 46.4 Å². The monoisotopic (exact) mass is 210 g/mol. The Morgan fingerprint density at radius 3 is 1.56 bits per heavy atom. The molecule has 2 aromatic rings. The summed E-state index contributed by atoms with van der Waals surface area (Å²) in [4.78, 5) is 27.7. The number of aliphatic imine (C=N–C) groups is 2. The van der Waals surface area contributed by atoms with Crippen molar-refractivity contribution in [1.29, 1.82) is 0 Å². The number of fused-ring (bicyclic) bond motifs is 1. The van der Waals surface area contributed by atoms with E-state index >= 15 is 0 Å². The highest BCUT2D eigenvalue weighted by Crippen LogP contribution is 2.31. The van der Waals surface area contributed by atoms with Crippen LogP contribution in [-0.4, -0.2) is 12.2 Å². The van der Waals surface area contributed by atoms with Crippen LogP contribution in [0.3, 0.4) is 0 Å². The van der Waals surface area contributed by atoms with Crippen molar-refractivity contribution in [2.75, 3.05) is 0 Å². The van der Waals surface area contributed by atoms with Gasteiger partial charge in [-0.05, 0) is 12.1 Å². The smallest absolute Gasteiger partial charge is 0.211 e. The van der Waals surface area contributed by atoms with Gasteiger partial charge in [0.15, 0.2) is 0 Å². The van der Waals surface area contributed by atoms with E-state index < -0.39 is 0 Å². The lowest BCUT2D eigenvalue weighted by Crippen LogP contribution is -1.75. The predicted octanol–water partition coefficient (Wildman–Crippen LogP) is 2.77. The second kappa shape index (κ2) is 4.32. The van der Waals surface area contributed by atoms with Crippen molar-refractivity contribution in [1.82, 2.24) is 0 Å². The average molecular weight is 210 g/mol. The first-order valence-corrected chi connectivity index (χ1v) is 4.54. The number of nitrogens with zero attached hydrogens (tertiary/aromatic N) is 2. The summed E-state index contributed by atoms with van der Waals surface area (Å²) in [5.74, 6) is 0. The van der Waals surface area contributed by atoms with Crippen LogP contribution in [0.25, 0.3) is 10.8 Å². The van der Waals surface area contributed by atoms with Gasteiger partial charge in [-0.25, -0.2) is 9.59 Å². The maximum absolute atomic E-state index is 10.3. The molecule has 4 nitrogen and oxygen atoms in total. The van der Waals surface area contributed by atoms with E-state index in [1.165, 1.54) is 12.2 Å². The minimum Gasteiger partial charge on any atom is -0.211 e. The topological polar surface area (TPSA) is 58.9 Å². The van der Waals surface area contributed by atoms with E-state index in [2.05, 4.69) is 9.98 Å². The highest BCUT2D eigenvalue weighted by atomic mass is 16.1. The quantitative estimate of drug-likeness (QED) is 0.565. The van der Waals surface area contributed by atoms with Crippen LogP contribution in [0.5, 0.6) is 0 Å². The number of benzene rings is 2. The zero-order valence-corrected chi connectivity index (χ0v) is 8.18. The lowest BCUT2D eigenvalue weighted by Gasteiger charge is -2.02. The average Bonchev–Trinajstić information content (AvgIpc) is 2.31. The van der Waals surface area contributed by atoms with Crippen molar-refractivity contribution in [2.45, 2.75) is 0 Å². The molecule has 76 valence electrons. The molecule has 0 aliphatic rings. The van der Waals surface area contributed by atoms with Crippen LogP contribution < -0.4 is 0 Å². The van der Waals surface area contributed by atoms with E-state index in [1.54, 1.807) is 36.4 Å². The van der Waals surface area contributed by atoms with E-state index in [0.717, 1.165) is 10.8 Å². The highest BCUT2D eigenvalue weighted by molar-refractivity contribution is 6.00. The molecule has 0 bridgehead atoms. The van der Waals surface area contributed by atoms with Gasteiger partial charge in [0.05, 0.1) is 11.4 Å². The highest BCUT2D eigenvalue weighted by Gasteiger charge is 2.03. The molecule has 0 N–H and O–H groups in total. The summed E-state index contributed by atoms with van der Waals surface area (Å²) in [6, 6.07) is 10.5. The Balaban J connectivity index is 2.85. The van der Waals surface area contributed by atoms with Gasteiger partial charge in [0.25, 0.3) is 0 Å². The van der Waals surface area contributed by atoms with Gasteiger partial charge in [-0.2, -0.15) is 9.98 Å². The molecule has 0 radical (unpaired) electrons. The molecule has 0 heterocycles. The third kappa shape index (κ3) is 1.66. The van der Waals surface area contributed by atoms with Crippen LogP contribution in [0, 0.1) is 0 Å². The fourth-order valence-corrected chi connectivity index (χ4v) is 1.57. The van der Waals surface area contributed by atoms with Gasteiger partial charge >= 0.3 is 0 Å². The van der Waals surface area contributed by atoms with Crippen molar-refractivity contribution in [3.63, 3.8) is 0 Å². The first-order valence-electron chi connectivity index (χ1n) is 4.54. The molecule has 0 saturated carbocycles. The van der Waals surface area contributed by atoms with Gasteiger partial charge in [0.1, 0.15) is 0 Å². The van der Waals surface area contributed by atoms with Crippen molar-refractivity contribution in [2.24, 2.45) is 9.98 Å². The molecule has 2 rings (SSSR count). The number of hydrogen-bond donors (Lipinski definition) is 0. The fraction of sp³-hybridized carbons (Fsp3) is 0. The van der Waals surface area contributed by atoms with Gasteiger partial charge in [-0.1, -0.05) is 24.3 Å². The molecule has 16 heavy (non-hydrogen) atoms. The van der Waals surface area contributed by atoms with Crippen molar-refractivity contribution in [3.05, 3.63) is 36.4 Å². The fourth-order valence-electron chi connectivity index (χ4n) is 1.57. The minimum atomic E-state index is 0.510. The van der Waals surface area contributed by atoms with E-state index in [0.29, 0.717) is 11.4 Å². The molecule has 0 aromatic heterocycles. The molecule has 0 amide bonds. The van der Waals surface area contributed by atoms with Crippen LogP contribution in [-0.2, 0) is 9.59 Å². The minimum absolute atomic E-state index is 0.510. The molecular formula is C12H6N2O2. The second-order valence-electron chi connectivity index (χ2n) is 3.06. The third-order valence-electron chi connectivity index (χ3n) is 2.21. The van der Waals surface area contributed by atoms with Gasteiger partial charge in [-0.15, -0.1) is 0 Å². The normalized spacial score (nSPS) is 9.25. The van der Waals surface area contributed by atoms with Crippen LogP contribution in [0.1, 0.15) is 0 Å². The molecule has 4 heteroatoms. The summed E-state index contributed by atoms with van der Waals surface area (Å²) < 4.78 is 0. The Kier molecular flexibility index (Phi) is 2.70. The Morgan fingerprint density at radius 2 is 1.19 bits per heavy atom. The summed E-state index contributed by atoms with van der Waals surface area (Å²) in [6.45, 7) is 0. The number of hydrogen-bond acceptors (Lipinski definition) is 4. The number of isocyanates is 2. The summed E-state index contributed by atoms with van der Waals surface area (Å²) in [7, 11) is 0. The molecule has 0 aliphatic heterocycles. The summed E-state index contributed by atoms with van der Waals surface area (Å²) in [5.41, 5.74) is 1.02. The van der Waals surface area contributed by atoms with Crippen molar-refractivity contribution < 1.29 is 9.59 Å². The summed E-state index contributed by atoms with van der Waals surface area (Å²) in [5, 5.41) is 1.50. The van der Waals surface area contributed by atoms with Crippen molar-refractivity contribution >= 4 is 34.3 Å². The first-order chi connectivity index (χ1) is 7.86. The third-order valence-corrected chi connectivity index (χ3v) is 2.21. The Morgan fingerprint density at radius 1 is 0.750 bits per heavy atom. The van der Waals surface area contributed by atoms with Gasteiger partial charge in [0.2, 0.25) is 12.2 Å². The molecule has 0 atom stereocenters. The van der Waals surface area contributed by atoms with E-state index in [9.17, 15) is 9.59 Å². The van der Waals surface area contributed by atoms with Gasteiger partial charge < -0.3 is 0 Å². The molecule has 2 aromatic carbocycles. The maximum atomic E-state index is 10.3. The maximum Gasteiger partial charge on any atom is 0.240 e. The Labute approximate surface area is 91.0 Å². The molecule has 0 aliphatic carbocycles. The summed E-state index contributed by atoms with van der Waals surface area (Å²) >= 11 is 0. The molecular weight excluding hydrogens is 204 g/mol. The second-order valence-corrected chi connectivity index (χ2v) is 3.06. The number of carbonyl (C=O) groups excluding carboxylic acids is 2. The lowest BCUT2D eigenvalue weighted by molar-refractivity contribution is 0.564. The molecule has 0 unspecified atom stereocenters. The number of rotatable bonds is 2. The molecule has 0 fully saturated rings. The van der Waals surface area contributed by atoms with E-state index in [4.69, 9.17) is 0 Å². The van der Waals surface area contributed by atoms with Gasteiger partial charge in [-0.3, -0.25) is 0 Å². The zero-order chi connectivity index (χ0) is 11.4. The van der Waals surface area contributed by atoms with Crippen LogP contribution in [0.4, 0.5) is 11.4 Å². The Bertz CT molecular complexity index is 579. The first kappa shape index (κ1) is 9.99. The zero-order valence-electron chi connectivity index (χ0n) is 8.18. The van der Waals surface area contributed by atoms with E-state index in [1.807, 2.05) is 0 Å². The standard InChI is InChI=1S/C12H6N2O2/c15-7-13-11-5-1-3-9-10(11)4-2-6-12(9)14-8-16/h1-6H. The predicted molar refractivity (Wildman–Crippen MR) is 59.5 cm³/mol. The summed E-state index contributed by atoms with van der Waals surface area (Å²) in [6.07, 6.45) is 2.99. The van der Waals surface area contributed by atoms with Crippen LogP contribution in [0.2, 0.25) is 0 Å². The lowest BCUT2D eigenvalue weighted by atomic mass is 10.1. The Hall–Kier alpha value is -2.54. The molecule has 0 saturated heterocycles. The SMILES string of the molecule is O=C=Nc1cccc2c(N=C=O)cccc12. The van der Waals surface area contributed by atoms with Gasteiger partial charge in [0, 0.05) is 10.8 Å². The molecule has 0 spiro atoms. The van der Waals surface area contributed by atoms with Crippen LogP contribution >= 0.6 is 0 Å². The van der Waals surface area contributed by atoms with E-state index in [-0.39, 0.29) is 0 Å². The largest absolute Gasteiger partial charge is 0.240 e.